The van der Waals surface area contributed by atoms with E-state index < -0.39 is 53.3 Å². The maximum atomic E-state index is 13.1. The molecule has 1 aromatic heterocycles. The third kappa shape index (κ3) is 2.24. The van der Waals surface area contributed by atoms with E-state index >= 15 is 0 Å². The molecule has 0 saturated carbocycles. The number of carbonyl (C=O) groups excluding carboxylic acids is 2. The smallest absolute Gasteiger partial charge is 0.341 e. The van der Waals surface area contributed by atoms with E-state index in [0.717, 1.165) is 10.6 Å². The Morgan fingerprint density at radius 3 is 2.43 bits per heavy atom. The molecule has 0 amide bonds. The zero-order valence-corrected chi connectivity index (χ0v) is 15.0. The van der Waals surface area contributed by atoms with Gasteiger partial charge in [-0.05, 0) is 26.0 Å². The van der Waals surface area contributed by atoms with Crippen LogP contribution in [0.25, 0.3) is 0 Å². The van der Waals surface area contributed by atoms with Crippen LogP contribution in [0.4, 0.5) is 0 Å². The van der Waals surface area contributed by atoms with Gasteiger partial charge in [0.05, 0.1) is 5.69 Å². The van der Waals surface area contributed by atoms with Crippen LogP contribution in [0, 0.1) is 0 Å². The van der Waals surface area contributed by atoms with E-state index in [-0.39, 0.29) is 11.3 Å². The first-order valence-electron chi connectivity index (χ1n) is 8.82. The van der Waals surface area contributed by atoms with Crippen LogP contribution in [0.1, 0.15) is 40.9 Å². The van der Waals surface area contributed by atoms with Crippen LogP contribution in [0.3, 0.4) is 0 Å². The van der Waals surface area contributed by atoms with Crippen molar-refractivity contribution in [2.45, 2.75) is 44.2 Å². The van der Waals surface area contributed by atoms with Gasteiger partial charge in [-0.15, -0.1) is 0 Å². The molecule has 0 radical (unpaired) electrons. The number of nitrogens with zero attached hydrogens (tertiary/aromatic N) is 2. The molecule has 1 aromatic carbocycles. The van der Waals surface area contributed by atoms with Gasteiger partial charge in [-0.25, -0.2) is 4.79 Å². The molecule has 0 spiro atoms. The van der Waals surface area contributed by atoms with Crippen LogP contribution in [-0.2, 0) is 14.2 Å². The van der Waals surface area contributed by atoms with Gasteiger partial charge >= 0.3 is 5.69 Å². The highest BCUT2D eigenvalue weighted by Crippen LogP contribution is 2.45. The molecule has 3 aliphatic heterocycles. The third-order valence-electron chi connectivity index (χ3n) is 5.16. The minimum absolute atomic E-state index is 0.104. The fraction of sp³-hybridized carbons (Fsp3) is 0.368. The Labute approximate surface area is 158 Å². The Morgan fingerprint density at radius 2 is 1.71 bits per heavy atom. The molecule has 2 aromatic rings. The molecule has 2 fully saturated rings. The quantitative estimate of drug-likeness (QED) is 0.697. The Morgan fingerprint density at radius 1 is 1.04 bits per heavy atom. The number of ether oxygens (including phenoxy) is 3. The topological polar surface area (TPSA) is 106 Å². The van der Waals surface area contributed by atoms with Gasteiger partial charge in [0.2, 0.25) is 5.78 Å². The van der Waals surface area contributed by atoms with E-state index in [0.29, 0.717) is 4.57 Å². The van der Waals surface area contributed by atoms with E-state index in [1.165, 1.54) is 12.1 Å². The van der Waals surface area contributed by atoms with Gasteiger partial charge in [0.25, 0.3) is 11.5 Å². The standard InChI is InChI=1S/C19H16N2O7/c1-19(2)27-14-13-12(23)10-8-11(22)21(16(24)9-6-4-3-5-7-9)18(25)20(10)17(26-13)15(14)28-19/h3-8,13-15,17H,1-2H3/t13-,14-,15-,17-/m1/s1. The van der Waals surface area contributed by atoms with Crippen LogP contribution in [0.5, 0.6) is 0 Å². The Kier molecular flexibility index (Phi) is 3.43. The highest BCUT2D eigenvalue weighted by atomic mass is 16.8. The number of fused-ring (bicyclic) bond motifs is 7. The van der Waals surface area contributed by atoms with Crippen LogP contribution in [0.15, 0.2) is 46.0 Å². The second-order valence-electron chi connectivity index (χ2n) is 7.40. The van der Waals surface area contributed by atoms with Crippen LogP contribution in [-0.4, -0.2) is 44.9 Å². The first kappa shape index (κ1) is 17.2. The summed E-state index contributed by atoms with van der Waals surface area (Å²) in [6.07, 6.45) is -3.33. The maximum Gasteiger partial charge on any atom is 0.341 e. The zero-order chi connectivity index (χ0) is 19.8. The molecule has 9 heteroatoms. The number of hydrogen-bond acceptors (Lipinski definition) is 7. The number of hydrogen-bond donors (Lipinski definition) is 0. The fourth-order valence-corrected chi connectivity index (χ4v) is 4.03. The molecule has 0 unspecified atom stereocenters. The van der Waals surface area contributed by atoms with Crippen molar-refractivity contribution in [3.05, 3.63) is 68.5 Å². The number of carbonyl (C=O) groups is 2. The van der Waals surface area contributed by atoms with Crippen molar-refractivity contribution < 1.29 is 23.8 Å². The van der Waals surface area contributed by atoms with Crippen molar-refractivity contribution in [1.82, 2.24) is 9.13 Å². The summed E-state index contributed by atoms with van der Waals surface area (Å²) in [4.78, 5) is 51.2. The lowest BCUT2D eigenvalue weighted by atomic mass is 10.1. The van der Waals surface area contributed by atoms with Crippen LogP contribution >= 0.6 is 0 Å². The summed E-state index contributed by atoms with van der Waals surface area (Å²) < 4.78 is 18.8. The number of aromatic nitrogens is 2. The van der Waals surface area contributed by atoms with Crippen molar-refractivity contribution in [3.8, 4) is 0 Å². The van der Waals surface area contributed by atoms with Crippen molar-refractivity contribution in [3.63, 3.8) is 0 Å². The predicted molar refractivity (Wildman–Crippen MR) is 93.2 cm³/mol. The monoisotopic (exact) mass is 384 g/mol. The number of benzene rings is 1. The maximum absolute atomic E-state index is 13.1. The summed E-state index contributed by atoms with van der Waals surface area (Å²) in [6.45, 7) is 3.41. The number of ketones is 1. The molecule has 2 bridgehead atoms. The highest BCUT2D eigenvalue weighted by molar-refractivity contribution is 6.00. The average Bonchev–Trinajstić information content (AvgIpc) is 3.12. The lowest BCUT2D eigenvalue weighted by molar-refractivity contribution is -0.194. The lowest BCUT2D eigenvalue weighted by Gasteiger charge is -2.29. The van der Waals surface area contributed by atoms with Crippen molar-refractivity contribution in [2.24, 2.45) is 0 Å². The van der Waals surface area contributed by atoms with E-state index in [9.17, 15) is 19.2 Å². The molecule has 0 aliphatic carbocycles. The summed E-state index contributed by atoms with van der Waals surface area (Å²) >= 11 is 0. The summed E-state index contributed by atoms with van der Waals surface area (Å²) in [6, 6.07) is 8.96. The van der Waals surface area contributed by atoms with E-state index in [4.69, 9.17) is 14.2 Å². The molecule has 4 atom stereocenters. The second-order valence-corrected chi connectivity index (χ2v) is 7.40. The summed E-state index contributed by atoms with van der Waals surface area (Å²) in [7, 11) is 0. The number of Topliss-reactive ketones (excluding diaryl/α,β-unsaturated/α-hetero) is 1. The van der Waals surface area contributed by atoms with Crippen molar-refractivity contribution in [2.75, 3.05) is 0 Å². The normalized spacial score (nSPS) is 29.4. The molecule has 3 aliphatic rings. The van der Waals surface area contributed by atoms with Gasteiger partial charge in [0.1, 0.15) is 12.2 Å². The van der Waals surface area contributed by atoms with Crippen molar-refractivity contribution >= 4 is 11.7 Å². The third-order valence-corrected chi connectivity index (χ3v) is 5.16. The largest absolute Gasteiger partial charge is 0.341 e. The van der Waals surface area contributed by atoms with Crippen molar-refractivity contribution in [1.29, 1.82) is 0 Å². The minimum atomic E-state index is -0.965. The van der Waals surface area contributed by atoms with E-state index in [2.05, 4.69) is 0 Å². The summed E-state index contributed by atoms with van der Waals surface area (Å²) in [5.41, 5.74) is -1.74. The van der Waals surface area contributed by atoms with E-state index in [1.54, 1.807) is 32.0 Å². The summed E-state index contributed by atoms with van der Waals surface area (Å²) in [5.74, 6) is -2.26. The Balaban J connectivity index is 1.69. The van der Waals surface area contributed by atoms with Gasteiger partial charge in [-0.1, -0.05) is 18.2 Å². The average molecular weight is 384 g/mol. The van der Waals surface area contributed by atoms with Gasteiger partial charge < -0.3 is 14.2 Å². The molecule has 0 N–H and O–H groups in total. The zero-order valence-electron chi connectivity index (χ0n) is 15.0. The van der Waals surface area contributed by atoms with Gasteiger partial charge in [-0.3, -0.25) is 19.0 Å². The van der Waals surface area contributed by atoms with Crippen LogP contribution in [0.2, 0.25) is 0 Å². The van der Waals surface area contributed by atoms with Gasteiger partial charge in [0, 0.05) is 11.6 Å². The molecule has 28 heavy (non-hydrogen) atoms. The molecule has 9 nitrogen and oxygen atoms in total. The SMILES string of the molecule is CC1(C)O[C@@H]2[C@H](O1)[C@@H]1O[C@H]2n2c(cc(=O)n(C(=O)c3ccccc3)c2=O)C1=O. The van der Waals surface area contributed by atoms with E-state index in [1.807, 2.05) is 0 Å². The molecule has 4 heterocycles. The molecular weight excluding hydrogens is 368 g/mol. The minimum Gasteiger partial charge on any atom is -0.341 e. The first-order valence-corrected chi connectivity index (χ1v) is 8.82. The van der Waals surface area contributed by atoms with Gasteiger partial charge in [-0.2, -0.15) is 4.57 Å². The molecule has 144 valence electrons. The van der Waals surface area contributed by atoms with Gasteiger partial charge in [0.15, 0.2) is 18.1 Å². The Bertz CT molecular complexity index is 1130. The second kappa shape index (κ2) is 5.57. The first-order chi connectivity index (χ1) is 13.3. The summed E-state index contributed by atoms with van der Waals surface area (Å²) in [5, 5.41) is 0. The predicted octanol–water partition coefficient (Wildman–Crippen LogP) is 0.312. The number of rotatable bonds is 1. The molecule has 2 saturated heterocycles. The molecule has 5 rings (SSSR count). The fourth-order valence-electron chi connectivity index (χ4n) is 4.03. The Hall–Kier alpha value is -2.88. The highest BCUT2D eigenvalue weighted by Gasteiger charge is 2.61. The van der Waals surface area contributed by atoms with Crippen LogP contribution < -0.4 is 11.2 Å². The molecular formula is C19H16N2O7. The lowest BCUT2D eigenvalue weighted by Crippen LogP contribution is -2.50.